The van der Waals surface area contributed by atoms with Gasteiger partial charge in [0, 0.05) is 32.2 Å². The summed E-state index contributed by atoms with van der Waals surface area (Å²) in [5, 5.41) is 13.6. The van der Waals surface area contributed by atoms with Crippen LogP contribution in [0.5, 0.6) is 0 Å². The number of H-pyrrole nitrogens is 1. The van der Waals surface area contributed by atoms with Crippen molar-refractivity contribution < 1.29 is 14.7 Å². The van der Waals surface area contributed by atoms with E-state index in [1.54, 1.807) is 18.2 Å². The second kappa shape index (κ2) is 5.35. The van der Waals surface area contributed by atoms with Crippen LogP contribution in [0.2, 0.25) is 0 Å². The van der Waals surface area contributed by atoms with Gasteiger partial charge in [-0.15, -0.1) is 0 Å². The van der Waals surface area contributed by atoms with Gasteiger partial charge in [0.2, 0.25) is 0 Å². The molecular formula is C18H11BrN2O3. The Balaban J connectivity index is 1.94. The molecule has 1 aromatic heterocycles. The quantitative estimate of drug-likeness (QED) is 0.583. The van der Waals surface area contributed by atoms with Gasteiger partial charge in [0.1, 0.15) is 5.69 Å². The van der Waals surface area contributed by atoms with E-state index < -0.39 is 5.97 Å². The number of rotatable bonds is 2. The van der Waals surface area contributed by atoms with E-state index in [4.69, 9.17) is 0 Å². The average molecular weight is 383 g/mol. The number of halogens is 1. The number of fused-ring (bicyclic) bond motifs is 2. The lowest BCUT2D eigenvalue weighted by molar-refractivity contribution is -0.110. The molecule has 0 atom stereocenters. The normalized spacial score (nSPS) is 14.9. The monoisotopic (exact) mass is 382 g/mol. The third-order valence-corrected chi connectivity index (χ3v) is 4.51. The molecule has 3 aromatic rings. The third-order valence-electron chi connectivity index (χ3n) is 4.01. The first-order valence-electron chi connectivity index (χ1n) is 7.21. The van der Waals surface area contributed by atoms with Crippen molar-refractivity contribution in [2.24, 2.45) is 0 Å². The van der Waals surface area contributed by atoms with E-state index in [0.29, 0.717) is 16.7 Å². The number of carbonyl (C=O) groups excluding carboxylic acids is 1. The lowest BCUT2D eigenvalue weighted by Crippen LogP contribution is -2.03. The molecule has 2 heterocycles. The largest absolute Gasteiger partial charge is 0.477 e. The molecule has 1 aliphatic heterocycles. The number of amides is 1. The fourth-order valence-corrected chi connectivity index (χ4v) is 3.30. The summed E-state index contributed by atoms with van der Waals surface area (Å²) < 4.78 is 0.867. The van der Waals surface area contributed by atoms with Gasteiger partial charge >= 0.3 is 5.97 Å². The van der Waals surface area contributed by atoms with Gasteiger partial charge in [-0.1, -0.05) is 40.2 Å². The van der Waals surface area contributed by atoms with E-state index in [9.17, 15) is 14.7 Å². The molecule has 6 heteroatoms. The maximum Gasteiger partial charge on any atom is 0.352 e. The minimum absolute atomic E-state index is 0.116. The van der Waals surface area contributed by atoms with Gasteiger partial charge in [-0.25, -0.2) is 4.79 Å². The number of nitrogens with one attached hydrogen (secondary N) is 2. The molecule has 0 spiro atoms. The van der Waals surface area contributed by atoms with Crippen LogP contribution in [0.1, 0.15) is 21.7 Å². The standard InChI is InChI=1S/C18H11BrN2O3/c19-9-5-6-14-12(7-9)13(17(22)21-14)8-15-10-3-1-2-4-11(10)16(20-15)18(23)24/h1-8,20H,(H,21,22)(H,23,24). The molecule has 24 heavy (non-hydrogen) atoms. The molecule has 1 aliphatic rings. The lowest BCUT2D eigenvalue weighted by atomic mass is 10.0. The molecule has 0 bridgehead atoms. The number of carboxylic acid groups (broad SMARTS) is 1. The predicted octanol–water partition coefficient (Wildman–Crippen LogP) is 4.12. The summed E-state index contributed by atoms with van der Waals surface area (Å²) >= 11 is 3.41. The number of carboxylic acids is 1. The van der Waals surface area contributed by atoms with E-state index >= 15 is 0 Å². The molecule has 5 nitrogen and oxygen atoms in total. The molecule has 4 rings (SSSR count). The van der Waals surface area contributed by atoms with Gasteiger partial charge in [0.05, 0.1) is 5.57 Å². The van der Waals surface area contributed by atoms with Crippen molar-refractivity contribution in [3.8, 4) is 0 Å². The Hall–Kier alpha value is -2.86. The number of benzene rings is 2. The van der Waals surface area contributed by atoms with Crippen LogP contribution in [0.25, 0.3) is 22.4 Å². The van der Waals surface area contributed by atoms with Crippen molar-refractivity contribution in [3.63, 3.8) is 0 Å². The minimum atomic E-state index is -1.03. The van der Waals surface area contributed by atoms with Gasteiger partial charge in [-0.2, -0.15) is 0 Å². The summed E-state index contributed by atoms with van der Waals surface area (Å²) in [6.45, 7) is 0. The summed E-state index contributed by atoms with van der Waals surface area (Å²) in [7, 11) is 0. The Morgan fingerprint density at radius 3 is 2.62 bits per heavy atom. The van der Waals surface area contributed by atoms with E-state index in [1.807, 2.05) is 30.3 Å². The average Bonchev–Trinajstić information content (AvgIpc) is 3.07. The van der Waals surface area contributed by atoms with Crippen molar-refractivity contribution >= 4 is 55.9 Å². The zero-order valence-corrected chi connectivity index (χ0v) is 13.8. The first-order chi connectivity index (χ1) is 11.5. The predicted molar refractivity (Wildman–Crippen MR) is 95.9 cm³/mol. The van der Waals surface area contributed by atoms with Crippen molar-refractivity contribution in [1.29, 1.82) is 0 Å². The second-order valence-electron chi connectivity index (χ2n) is 5.47. The van der Waals surface area contributed by atoms with Crippen LogP contribution < -0.4 is 5.32 Å². The highest BCUT2D eigenvalue weighted by molar-refractivity contribution is 9.10. The summed E-state index contributed by atoms with van der Waals surface area (Å²) in [5.41, 5.74) is 2.73. The molecule has 0 aliphatic carbocycles. The smallest absolute Gasteiger partial charge is 0.352 e. The second-order valence-corrected chi connectivity index (χ2v) is 6.38. The highest BCUT2D eigenvalue weighted by Crippen LogP contribution is 2.36. The molecule has 3 N–H and O–H groups in total. The SMILES string of the molecule is O=C1Nc2ccc(Br)cc2C1=Cc1[nH]c(C(=O)O)c2ccccc12. The van der Waals surface area contributed by atoms with E-state index in [1.165, 1.54) is 0 Å². The maximum atomic E-state index is 12.3. The Labute approximate surface area is 145 Å². The molecule has 0 saturated heterocycles. The van der Waals surface area contributed by atoms with Crippen molar-refractivity contribution in [3.05, 3.63) is 63.9 Å². The molecule has 118 valence electrons. The van der Waals surface area contributed by atoms with Crippen LogP contribution in [0, 0.1) is 0 Å². The Kier molecular flexibility index (Phi) is 3.28. The topological polar surface area (TPSA) is 82.2 Å². The van der Waals surface area contributed by atoms with E-state index in [0.717, 1.165) is 21.1 Å². The number of aromatic amines is 1. The van der Waals surface area contributed by atoms with Crippen LogP contribution in [0.3, 0.4) is 0 Å². The summed E-state index contributed by atoms with van der Waals surface area (Å²) in [6.07, 6.45) is 1.70. The van der Waals surface area contributed by atoms with Crippen LogP contribution in [-0.4, -0.2) is 22.0 Å². The summed E-state index contributed by atoms with van der Waals surface area (Å²) in [5.74, 6) is -1.24. The lowest BCUT2D eigenvalue weighted by Gasteiger charge is -1.99. The number of aromatic nitrogens is 1. The highest BCUT2D eigenvalue weighted by Gasteiger charge is 2.25. The Morgan fingerprint density at radius 2 is 1.88 bits per heavy atom. The van der Waals surface area contributed by atoms with Crippen LogP contribution >= 0.6 is 15.9 Å². The molecule has 1 amide bonds. The summed E-state index contributed by atoms with van der Waals surface area (Å²) in [6, 6.07) is 12.7. The molecular weight excluding hydrogens is 372 g/mol. The van der Waals surface area contributed by atoms with E-state index in [-0.39, 0.29) is 11.6 Å². The first-order valence-corrected chi connectivity index (χ1v) is 8.01. The van der Waals surface area contributed by atoms with Gasteiger partial charge in [0.15, 0.2) is 0 Å². The maximum absolute atomic E-state index is 12.3. The number of hydrogen-bond acceptors (Lipinski definition) is 2. The Bertz CT molecular complexity index is 1050. The van der Waals surface area contributed by atoms with Crippen LogP contribution in [-0.2, 0) is 4.79 Å². The van der Waals surface area contributed by atoms with Crippen molar-refractivity contribution in [2.45, 2.75) is 0 Å². The zero-order chi connectivity index (χ0) is 16.8. The van der Waals surface area contributed by atoms with Gasteiger partial charge < -0.3 is 15.4 Å². The van der Waals surface area contributed by atoms with Crippen LogP contribution in [0.15, 0.2) is 46.9 Å². The van der Waals surface area contributed by atoms with Crippen molar-refractivity contribution in [1.82, 2.24) is 4.98 Å². The molecule has 0 unspecified atom stereocenters. The number of anilines is 1. The van der Waals surface area contributed by atoms with Gasteiger partial charge in [-0.3, -0.25) is 4.79 Å². The molecule has 0 saturated carbocycles. The fourth-order valence-electron chi connectivity index (χ4n) is 2.94. The molecule has 0 radical (unpaired) electrons. The minimum Gasteiger partial charge on any atom is -0.477 e. The number of aromatic carboxylic acids is 1. The Morgan fingerprint density at radius 1 is 1.12 bits per heavy atom. The van der Waals surface area contributed by atoms with Crippen molar-refractivity contribution in [2.75, 3.05) is 5.32 Å². The molecule has 0 fully saturated rings. The highest BCUT2D eigenvalue weighted by atomic mass is 79.9. The zero-order valence-electron chi connectivity index (χ0n) is 12.3. The number of carbonyl (C=O) groups is 2. The molecule has 2 aromatic carbocycles. The first kappa shape index (κ1) is 14.7. The summed E-state index contributed by atoms with van der Waals surface area (Å²) in [4.78, 5) is 26.6. The third kappa shape index (κ3) is 2.23. The number of hydrogen-bond donors (Lipinski definition) is 3. The van der Waals surface area contributed by atoms with Gasteiger partial charge in [-0.05, 0) is 24.3 Å². The van der Waals surface area contributed by atoms with E-state index in [2.05, 4.69) is 26.2 Å². The van der Waals surface area contributed by atoms with Gasteiger partial charge in [0.25, 0.3) is 5.91 Å². The van der Waals surface area contributed by atoms with Crippen LogP contribution in [0.4, 0.5) is 5.69 Å². The fraction of sp³-hybridized carbons (Fsp3) is 0.